The Balaban J connectivity index is 1.78. The smallest absolute Gasteiger partial charge is 0.399 e. The van der Waals surface area contributed by atoms with E-state index in [-0.39, 0.29) is 22.5 Å². The first-order valence-electron chi connectivity index (χ1n) is 8.50. The normalized spacial score (nSPS) is 15.4. The molecule has 1 saturated carbocycles. The Morgan fingerprint density at radius 1 is 1.33 bits per heavy atom. The minimum absolute atomic E-state index is 0.0297. The Bertz CT molecular complexity index is 920. The number of carbonyl (C=O) groups is 1. The molecule has 3 rings (SSSR count). The number of alkyl halides is 3. The number of hydrogen-bond acceptors (Lipinski definition) is 4. The van der Waals surface area contributed by atoms with Crippen molar-refractivity contribution in [2.24, 2.45) is 5.92 Å². The van der Waals surface area contributed by atoms with Gasteiger partial charge in [0, 0.05) is 18.3 Å². The molecule has 0 aliphatic heterocycles. The van der Waals surface area contributed by atoms with Crippen LogP contribution in [0.15, 0.2) is 35.1 Å². The Morgan fingerprint density at radius 2 is 2.04 bits per heavy atom. The molecule has 1 aliphatic rings. The quantitative estimate of drug-likeness (QED) is 0.781. The number of nitrogens with zero attached hydrogens (tertiary/aromatic N) is 2. The van der Waals surface area contributed by atoms with Gasteiger partial charge in [-0.25, -0.2) is 4.68 Å². The van der Waals surface area contributed by atoms with Crippen LogP contribution in [-0.4, -0.2) is 15.7 Å². The molecular weight excluding hydrogens is 361 g/mol. The third kappa shape index (κ3) is 4.66. The van der Waals surface area contributed by atoms with Gasteiger partial charge in [0.05, 0.1) is 11.6 Å². The number of benzene rings is 1. The molecule has 1 aliphatic carbocycles. The highest BCUT2D eigenvalue weighted by Gasteiger charge is 2.31. The Hall–Kier alpha value is -2.84. The lowest BCUT2D eigenvalue weighted by atomic mass is 10.0. The van der Waals surface area contributed by atoms with Crippen LogP contribution in [0.3, 0.4) is 0 Å². The van der Waals surface area contributed by atoms with Gasteiger partial charge < -0.3 is 11.1 Å². The maximum absolute atomic E-state index is 12.9. The van der Waals surface area contributed by atoms with Crippen LogP contribution in [0.1, 0.15) is 47.4 Å². The predicted molar refractivity (Wildman–Crippen MR) is 93.0 cm³/mol. The van der Waals surface area contributed by atoms with Gasteiger partial charge in [0.25, 0.3) is 11.5 Å². The fraction of sp³-hybridized carbons (Fsp3) is 0.389. The number of amides is 1. The molecule has 0 unspecified atom stereocenters. The van der Waals surface area contributed by atoms with Gasteiger partial charge in [-0.2, -0.15) is 18.3 Å². The molecule has 0 spiro atoms. The van der Waals surface area contributed by atoms with Crippen molar-refractivity contribution in [1.82, 2.24) is 15.1 Å². The van der Waals surface area contributed by atoms with Crippen molar-refractivity contribution < 1.29 is 18.0 Å². The summed E-state index contributed by atoms with van der Waals surface area (Å²) in [6.07, 6.45) is -2.48. The third-order valence-corrected chi connectivity index (χ3v) is 4.38. The molecule has 3 N–H and O–H groups in total. The van der Waals surface area contributed by atoms with Gasteiger partial charge in [-0.1, -0.05) is 0 Å². The van der Waals surface area contributed by atoms with E-state index in [0.29, 0.717) is 12.5 Å². The van der Waals surface area contributed by atoms with Crippen LogP contribution in [0.2, 0.25) is 0 Å². The lowest BCUT2D eigenvalue weighted by Crippen LogP contribution is -2.31. The van der Waals surface area contributed by atoms with Gasteiger partial charge in [-0.15, -0.1) is 0 Å². The predicted octanol–water partition coefficient (Wildman–Crippen LogP) is 2.75. The molecule has 1 fully saturated rings. The molecule has 1 aromatic heterocycles. The van der Waals surface area contributed by atoms with Crippen molar-refractivity contribution in [1.29, 1.82) is 0 Å². The highest BCUT2D eigenvalue weighted by molar-refractivity contribution is 5.92. The van der Waals surface area contributed by atoms with Gasteiger partial charge in [-0.05, 0) is 55.5 Å². The molecule has 27 heavy (non-hydrogen) atoms. The van der Waals surface area contributed by atoms with Crippen LogP contribution in [0.4, 0.5) is 18.9 Å². The van der Waals surface area contributed by atoms with Crippen LogP contribution < -0.4 is 16.6 Å². The van der Waals surface area contributed by atoms with Crippen molar-refractivity contribution in [3.05, 3.63) is 57.5 Å². The zero-order valence-electron chi connectivity index (χ0n) is 14.6. The number of halogens is 3. The molecule has 1 heterocycles. The summed E-state index contributed by atoms with van der Waals surface area (Å²) in [5.74, 6) is -0.177. The fourth-order valence-corrected chi connectivity index (χ4v) is 2.69. The highest BCUT2D eigenvalue weighted by Crippen LogP contribution is 2.32. The van der Waals surface area contributed by atoms with Crippen LogP contribution in [-0.2, 0) is 12.7 Å². The second-order valence-electron chi connectivity index (χ2n) is 6.76. The second-order valence-corrected chi connectivity index (χ2v) is 6.76. The number of aromatic nitrogens is 2. The van der Waals surface area contributed by atoms with Crippen LogP contribution >= 0.6 is 0 Å². The zero-order valence-corrected chi connectivity index (χ0v) is 14.6. The molecule has 0 bridgehead atoms. The first kappa shape index (κ1) is 18.9. The number of carbonyl (C=O) groups excluding carboxylic acids is 1. The van der Waals surface area contributed by atoms with E-state index in [1.54, 1.807) is 6.92 Å². The average Bonchev–Trinajstić information content (AvgIpc) is 3.39. The molecule has 144 valence electrons. The lowest BCUT2D eigenvalue weighted by molar-refractivity contribution is -0.137. The van der Waals surface area contributed by atoms with E-state index in [4.69, 9.17) is 5.73 Å². The Kier molecular flexibility index (Phi) is 4.95. The van der Waals surface area contributed by atoms with E-state index in [2.05, 4.69) is 10.4 Å². The van der Waals surface area contributed by atoms with Crippen molar-refractivity contribution in [2.75, 3.05) is 5.73 Å². The summed E-state index contributed by atoms with van der Waals surface area (Å²) in [5, 5.41) is 6.66. The van der Waals surface area contributed by atoms with Gasteiger partial charge in [0.15, 0.2) is 0 Å². The van der Waals surface area contributed by atoms with E-state index >= 15 is 0 Å². The maximum Gasteiger partial charge on any atom is 0.416 e. The monoisotopic (exact) mass is 380 g/mol. The van der Waals surface area contributed by atoms with E-state index < -0.39 is 23.7 Å². The topological polar surface area (TPSA) is 90.0 Å². The summed E-state index contributed by atoms with van der Waals surface area (Å²) in [7, 11) is 0. The van der Waals surface area contributed by atoms with E-state index in [1.807, 2.05) is 0 Å². The average molecular weight is 380 g/mol. The summed E-state index contributed by atoms with van der Waals surface area (Å²) in [4.78, 5) is 24.2. The van der Waals surface area contributed by atoms with Crippen molar-refractivity contribution >= 4 is 11.6 Å². The summed E-state index contributed by atoms with van der Waals surface area (Å²) in [6, 6.07) is 5.00. The molecular formula is C18H19F3N4O2. The van der Waals surface area contributed by atoms with E-state index in [1.165, 1.54) is 22.9 Å². The molecule has 1 atom stereocenters. The van der Waals surface area contributed by atoms with Gasteiger partial charge in [0.1, 0.15) is 5.69 Å². The highest BCUT2D eigenvalue weighted by atomic mass is 19.4. The Morgan fingerprint density at radius 3 is 2.67 bits per heavy atom. The Labute approximate surface area is 153 Å². The minimum Gasteiger partial charge on any atom is -0.399 e. The summed E-state index contributed by atoms with van der Waals surface area (Å²) in [5.41, 5.74) is 4.60. The second kappa shape index (κ2) is 7.05. The van der Waals surface area contributed by atoms with E-state index in [0.717, 1.165) is 25.0 Å². The number of nitrogens with two attached hydrogens (primary N) is 1. The molecule has 9 heteroatoms. The largest absolute Gasteiger partial charge is 0.416 e. The summed E-state index contributed by atoms with van der Waals surface area (Å²) >= 11 is 0. The third-order valence-electron chi connectivity index (χ3n) is 4.38. The zero-order chi connectivity index (χ0) is 19.8. The van der Waals surface area contributed by atoms with Crippen LogP contribution in [0.25, 0.3) is 0 Å². The molecule has 2 aromatic rings. The van der Waals surface area contributed by atoms with Crippen molar-refractivity contribution in [2.45, 2.75) is 38.5 Å². The standard InChI is InChI=1S/C18H19F3N4O2/c1-10(12-6-13(18(19,20)21)8-14(22)7-12)23-17(27)15-4-5-16(26)25(24-15)9-11-2-3-11/h4-8,10-11H,2-3,9,22H2,1H3,(H,23,27)/t10-/m1/s1. The number of rotatable bonds is 5. The van der Waals surface area contributed by atoms with Crippen LogP contribution in [0, 0.1) is 5.92 Å². The number of anilines is 1. The first-order valence-corrected chi connectivity index (χ1v) is 8.50. The molecule has 0 saturated heterocycles. The van der Waals surface area contributed by atoms with Gasteiger partial charge in [0.2, 0.25) is 0 Å². The van der Waals surface area contributed by atoms with Gasteiger partial charge >= 0.3 is 6.18 Å². The van der Waals surface area contributed by atoms with Crippen molar-refractivity contribution in [3.63, 3.8) is 0 Å². The molecule has 0 radical (unpaired) electrons. The molecule has 1 amide bonds. The fourth-order valence-electron chi connectivity index (χ4n) is 2.69. The molecule has 1 aromatic carbocycles. The minimum atomic E-state index is -4.53. The van der Waals surface area contributed by atoms with Crippen molar-refractivity contribution in [3.8, 4) is 0 Å². The summed E-state index contributed by atoms with van der Waals surface area (Å²) in [6.45, 7) is 2.01. The SMILES string of the molecule is C[C@@H](NC(=O)c1ccc(=O)n(CC2CC2)n1)c1cc(N)cc(C(F)(F)F)c1. The molecule has 6 nitrogen and oxygen atoms in total. The lowest BCUT2D eigenvalue weighted by Gasteiger charge is -2.17. The van der Waals surface area contributed by atoms with Crippen LogP contribution in [0.5, 0.6) is 0 Å². The number of hydrogen-bond donors (Lipinski definition) is 2. The maximum atomic E-state index is 12.9. The van der Waals surface area contributed by atoms with Gasteiger partial charge in [-0.3, -0.25) is 9.59 Å². The number of nitrogens with one attached hydrogen (secondary N) is 1. The first-order chi connectivity index (χ1) is 12.6. The summed E-state index contributed by atoms with van der Waals surface area (Å²) < 4.78 is 40.1. The number of nitrogen functional groups attached to an aromatic ring is 1. The van der Waals surface area contributed by atoms with E-state index in [9.17, 15) is 22.8 Å².